The minimum Gasteiger partial charge on any atom is -0.508 e. The molecule has 1 N–H and O–H groups in total. The van der Waals surface area contributed by atoms with Crippen LogP contribution in [-0.4, -0.2) is 48.3 Å². The van der Waals surface area contributed by atoms with Crippen LogP contribution in [0.4, 0.5) is 5.69 Å². The SMILES string of the molecule is COc1ccc(N2CCN(C(=S)c3ccc(O)cc3)CC2)cc1. The Morgan fingerprint density at radius 3 is 2.13 bits per heavy atom. The number of phenols is 1. The standard InChI is InChI=1S/C18H20N2O2S/c1-22-17-8-4-15(5-9-17)19-10-12-20(13-11-19)18(23)14-2-6-16(21)7-3-14/h2-9,21H,10-13H2,1H3. The van der Waals surface area contributed by atoms with E-state index in [1.165, 1.54) is 5.69 Å². The Hall–Kier alpha value is -2.27. The van der Waals surface area contributed by atoms with Gasteiger partial charge in [-0.2, -0.15) is 0 Å². The summed E-state index contributed by atoms with van der Waals surface area (Å²) >= 11 is 5.58. The minimum absolute atomic E-state index is 0.265. The number of hydrogen-bond donors (Lipinski definition) is 1. The van der Waals surface area contributed by atoms with Crippen molar-refractivity contribution < 1.29 is 9.84 Å². The molecule has 1 fully saturated rings. The van der Waals surface area contributed by atoms with Crippen LogP contribution in [0, 0.1) is 0 Å². The smallest absolute Gasteiger partial charge is 0.119 e. The van der Waals surface area contributed by atoms with E-state index >= 15 is 0 Å². The van der Waals surface area contributed by atoms with Crippen molar-refractivity contribution in [2.24, 2.45) is 0 Å². The van der Waals surface area contributed by atoms with E-state index in [1.54, 1.807) is 19.2 Å². The maximum absolute atomic E-state index is 9.37. The maximum atomic E-state index is 9.37. The minimum atomic E-state index is 0.265. The summed E-state index contributed by atoms with van der Waals surface area (Å²) in [6, 6.07) is 15.2. The summed E-state index contributed by atoms with van der Waals surface area (Å²) in [5.74, 6) is 1.14. The number of aromatic hydroxyl groups is 1. The average Bonchev–Trinajstić information content (AvgIpc) is 2.62. The number of piperazine rings is 1. The molecule has 0 bridgehead atoms. The molecule has 4 nitrogen and oxygen atoms in total. The molecule has 0 amide bonds. The highest BCUT2D eigenvalue weighted by atomic mass is 32.1. The molecule has 0 unspecified atom stereocenters. The van der Waals surface area contributed by atoms with Gasteiger partial charge in [-0.05, 0) is 48.5 Å². The van der Waals surface area contributed by atoms with Gasteiger partial charge < -0.3 is 19.6 Å². The predicted octanol–water partition coefficient (Wildman–Crippen LogP) is 2.90. The third kappa shape index (κ3) is 3.56. The first-order valence-electron chi connectivity index (χ1n) is 7.64. The van der Waals surface area contributed by atoms with E-state index < -0.39 is 0 Å². The largest absolute Gasteiger partial charge is 0.508 e. The molecule has 1 aliphatic rings. The lowest BCUT2D eigenvalue weighted by Gasteiger charge is -2.37. The van der Waals surface area contributed by atoms with Crippen molar-refractivity contribution in [2.75, 3.05) is 38.2 Å². The normalized spacial score (nSPS) is 14.7. The zero-order chi connectivity index (χ0) is 16.2. The highest BCUT2D eigenvalue weighted by Gasteiger charge is 2.20. The quantitative estimate of drug-likeness (QED) is 0.877. The molecule has 2 aromatic carbocycles. The number of phenolic OH excluding ortho intramolecular Hbond substituents is 1. The number of hydrogen-bond acceptors (Lipinski definition) is 4. The van der Waals surface area contributed by atoms with Crippen molar-refractivity contribution in [1.82, 2.24) is 4.90 Å². The van der Waals surface area contributed by atoms with Gasteiger partial charge in [-0.25, -0.2) is 0 Å². The number of methoxy groups -OCH3 is 1. The molecule has 2 aromatic rings. The lowest BCUT2D eigenvalue weighted by molar-refractivity contribution is 0.392. The van der Waals surface area contributed by atoms with Gasteiger partial charge >= 0.3 is 0 Å². The first-order chi connectivity index (χ1) is 11.2. The average molecular weight is 328 g/mol. The second-order valence-electron chi connectivity index (χ2n) is 5.52. The Labute approximate surface area is 141 Å². The topological polar surface area (TPSA) is 35.9 Å². The molecule has 5 heteroatoms. The lowest BCUT2D eigenvalue weighted by Crippen LogP contribution is -2.48. The number of rotatable bonds is 3. The second kappa shape index (κ2) is 6.87. The number of nitrogens with zero attached hydrogens (tertiary/aromatic N) is 2. The van der Waals surface area contributed by atoms with Gasteiger partial charge in [0.05, 0.1) is 7.11 Å². The molecule has 1 aliphatic heterocycles. The zero-order valence-corrected chi connectivity index (χ0v) is 13.9. The Balaban J connectivity index is 1.61. The van der Waals surface area contributed by atoms with E-state index in [1.807, 2.05) is 24.3 Å². The predicted molar refractivity (Wildman–Crippen MR) is 96.6 cm³/mol. The van der Waals surface area contributed by atoms with Gasteiger partial charge in [-0.15, -0.1) is 0 Å². The molecule has 0 aromatic heterocycles. The molecule has 23 heavy (non-hydrogen) atoms. The van der Waals surface area contributed by atoms with Crippen molar-refractivity contribution in [3.8, 4) is 11.5 Å². The number of anilines is 1. The highest BCUT2D eigenvalue weighted by Crippen LogP contribution is 2.21. The van der Waals surface area contributed by atoms with Crippen molar-refractivity contribution >= 4 is 22.9 Å². The summed E-state index contributed by atoms with van der Waals surface area (Å²) in [6.07, 6.45) is 0. The second-order valence-corrected chi connectivity index (χ2v) is 5.91. The third-order valence-corrected chi connectivity index (χ3v) is 4.61. The molecule has 0 spiro atoms. The van der Waals surface area contributed by atoms with E-state index in [4.69, 9.17) is 17.0 Å². The molecule has 3 rings (SSSR count). The van der Waals surface area contributed by atoms with Crippen LogP contribution in [0.1, 0.15) is 5.56 Å². The number of benzene rings is 2. The van der Waals surface area contributed by atoms with Crippen molar-refractivity contribution in [2.45, 2.75) is 0 Å². The van der Waals surface area contributed by atoms with Gasteiger partial charge in [-0.1, -0.05) is 12.2 Å². The van der Waals surface area contributed by atoms with E-state index in [-0.39, 0.29) is 5.75 Å². The monoisotopic (exact) mass is 328 g/mol. The van der Waals surface area contributed by atoms with Crippen molar-refractivity contribution in [1.29, 1.82) is 0 Å². The fourth-order valence-corrected chi connectivity index (χ4v) is 3.07. The molecule has 120 valence electrons. The van der Waals surface area contributed by atoms with E-state index in [9.17, 15) is 5.11 Å². The fourth-order valence-electron chi connectivity index (χ4n) is 2.75. The van der Waals surface area contributed by atoms with E-state index in [0.717, 1.165) is 42.5 Å². The number of ether oxygens (including phenoxy) is 1. The van der Waals surface area contributed by atoms with Gasteiger partial charge in [0.2, 0.25) is 0 Å². The number of thiocarbonyl (C=S) groups is 1. The summed E-state index contributed by atoms with van der Waals surface area (Å²) in [4.78, 5) is 5.43. The Bertz CT molecular complexity index is 662. The molecule has 0 aliphatic carbocycles. The summed E-state index contributed by atoms with van der Waals surface area (Å²) < 4.78 is 5.20. The molecular weight excluding hydrogens is 308 g/mol. The summed E-state index contributed by atoms with van der Waals surface area (Å²) in [6.45, 7) is 3.66. The van der Waals surface area contributed by atoms with Crippen molar-refractivity contribution in [3.63, 3.8) is 0 Å². The molecule has 0 saturated carbocycles. The molecule has 0 atom stereocenters. The molecular formula is C18H20N2O2S. The first kappa shape index (κ1) is 15.6. The molecule has 1 heterocycles. The Morgan fingerprint density at radius 2 is 1.57 bits per heavy atom. The summed E-state index contributed by atoms with van der Waals surface area (Å²) in [5.41, 5.74) is 2.19. The van der Waals surface area contributed by atoms with Crippen LogP contribution in [-0.2, 0) is 0 Å². The van der Waals surface area contributed by atoms with Crippen LogP contribution in [0.15, 0.2) is 48.5 Å². The van der Waals surface area contributed by atoms with E-state index in [2.05, 4.69) is 21.9 Å². The van der Waals surface area contributed by atoms with Gasteiger partial charge in [0.15, 0.2) is 0 Å². The van der Waals surface area contributed by atoms with Crippen LogP contribution < -0.4 is 9.64 Å². The van der Waals surface area contributed by atoms with Crippen LogP contribution in [0.5, 0.6) is 11.5 Å². The Morgan fingerprint density at radius 1 is 0.957 bits per heavy atom. The van der Waals surface area contributed by atoms with Crippen LogP contribution in [0.3, 0.4) is 0 Å². The molecule has 0 radical (unpaired) electrons. The van der Waals surface area contributed by atoms with E-state index in [0.29, 0.717) is 0 Å². The highest BCUT2D eigenvalue weighted by molar-refractivity contribution is 7.80. The van der Waals surface area contributed by atoms with Gasteiger partial charge in [0, 0.05) is 37.4 Å². The fraction of sp³-hybridized carbons (Fsp3) is 0.278. The van der Waals surface area contributed by atoms with Gasteiger partial charge in [0.1, 0.15) is 16.5 Å². The van der Waals surface area contributed by atoms with Crippen LogP contribution in [0.2, 0.25) is 0 Å². The van der Waals surface area contributed by atoms with Gasteiger partial charge in [-0.3, -0.25) is 0 Å². The first-order valence-corrected chi connectivity index (χ1v) is 8.05. The van der Waals surface area contributed by atoms with Gasteiger partial charge in [0.25, 0.3) is 0 Å². The summed E-state index contributed by atoms with van der Waals surface area (Å²) in [5, 5.41) is 9.37. The van der Waals surface area contributed by atoms with Crippen LogP contribution in [0.25, 0.3) is 0 Å². The van der Waals surface area contributed by atoms with Crippen LogP contribution >= 0.6 is 12.2 Å². The van der Waals surface area contributed by atoms with Crippen molar-refractivity contribution in [3.05, 3.63) is 54.1 Å². The summed E-state index contributed by atoms with van der Waals surface area (Å²) in [7, 11) is 1.68. The maximum Gasteiger partial charge on any atom is 0.119 e. The molecule has 1 saturated heterocycles. The zero-order valence-electron chi connectivity index (χ0n) is 13.1. The lowest BCUT2D eigenvalue weighted by atomic mass is 10.1. The Kier molecular flexibility index (Phi) is 4.67. The third-order valence-electron chi connectivity index (χ3n) is 4.12.